The van der Waals surface area contributed by atoms with Crippen LogP contribution in [-0.4, -0.2) is 67.6 Å². The third-order valence-corrected chi connectivity index (χ3v) is 6.40. The summed E-state index contributed by atoms with van der Waals surface area (Å²) >= 11 is 19.3. The number of nitrogens with two attached hydrogens (primary N) is 1. The van der Waals surface area contributed by atoms with Crippen molar-refractivity contribution in [1.29, 1.82) is 0 Å². The Morgan fingerprint density at radius 3 is 2.71 bits per heavy atom. The number of carbonyl (C=O) groups excluding carboxylic acids is 3. The first-order valence-electron chi connectivity index (χ1n) is 8.59. The fourth-order valence-electron chi connectivity index (χ4n) is 2.84. The first-order chi connectivity index (χ1) is 14.5. The van der Waals surface area contributed by atoms with Gasteiger partial charge in [0.1, 0.15) is 36.5 Å². The van der Waals surface area contributed by atoms with Crippen molar-refractivity contribution in [2.75, 3.05) is 19.5 Å². The van der Waals surface area contributed by atoms with E-state index in [1.807, 2.05) is 6.92 Å². The van der Waals surface area contributed by atoms with Gasteiger partial charge in [0.15, 0.2) is 10.8 Å². The Hall–Kier alpha value is -1.73. The molecule has 0 bridgehead atoms. The van der Waals surface area contributed by atoms with Gasteiger partial charge in [-0.3, -0.25) is 14.5 Å². The molecule has 2 amide bonds. The number of nitrogen functional groups attached to an aromatic ring is 1. The molecule has 2 unspecified atom stereocenters. The molecular weight excluding hydrogens is 513 g/mol. The van der Waals surface area contributed by atoms with Crippen molar-refractivity contribution >= 4 is 86.5 Å². The number of esters is 1. The number of anilines is 1. The number of rotatable bonds is 6. The van der Waals surface area contributed by atoms with Gasteiger partial charge in [-0.05, 0) is 13.0 Å². The number of carbonyl (C=O) groups is 3. The van der Waals surface area contributed by atoms with Crippen LogP contribution in [0.2, 0.25) is 0 Å². The molecule has 2 aliphatic heterocycles. The smallest absolute Gasteiger partial charge is 0.354 e. The second-order valence-electron chi connectivity index (χ2n) is 6.33. The molecule has 0 spiro atoms. The molecule has 2 aliphatic rings. The predicted octanol–water partition coefficient (Wildman–Crippen LogP) is 1.66. The van der Waals surface area contributed by atoms with E-state index in [4.69, 9.17) is 50.1 Å². The van der Waals surface area contributed by atoms with Gasteiger partial charge >= 0.3 is 5.97 Å². The number of alkyl halides is 3. The van der Waals surface area contributed by atoms with Gasteiger partial charge in [0, 0.05) is 10.6 Å². The summed E-state index contributed by atoms with van der Waals surface area (Å²) in [6.45, 7) is 1.36. The summed E-state index contributed by atoms with van der Waals surface area (Å²) < 4.78 is 3.21. The highest BCUT2D eigenvalue weighted by Gasteiger charge is 2.54. The predicted molar refractivity (Wildman–Crippen MR) is 119 cm³/mol. The van der Waals surface area contributed by atoms with Crippen LogP contribution in [0.15, 0.2) is 22.3 Å². The minimum atomic E-state index is -1.78. The Morgan fingerprint density at radius 2 is 2.13 bits per heavy atom. The van der Waals surface area contributed by atoms with Crippen LogP contribution >= 0.6 is 57.9 Å². The first kappa shape index (κ1) is 23.9. The molecule has 3 atom stereocenters. The van der Waals surface area contributed by atoms with E-state index in [0.29, 0.717) is 0 Å². The zero-order valence-electron chi connectivity index (χ0n) is 16.0. The van der Waals surface area contributed by atoms with E-state index < -0.39 is 39.6 Å². The van der Waals surface area contributed by atoms with E-state index in [0.717, 1.165) is 11.3 Å². The number of hydrogen-bond donors (Lipinski definition) is 2. The van der Waals surface area contributed by atoms with E-state index in [2.05, 4.69) is 15.5 Å². The number of oxime groups is 1. The van der Waals surface area contributed by atoms with Gasteiger partial charge in [-0.15, -0.1) is 23.1 Å². The molecule has 15 heteroatoms. The van der Waals surface area contributed by atoms with Crippen LogP contribution in [0.25, 0.3) is 0 Å². The van der Waals surface area contributed by atoms with Crippen molar-refractivity contribution in [3.63, 3.8) is 0 Å². The van der Waals surface area contributed by atoms with Crippen LogP contribution in [0.3, 0.4) is 0 Å². The maximum Gasteiger partial charge on any atom is 0.354 e. The highest BCUT2D eigenvalue weighted by Crippen LogP contribution is 2.41. The average Bonchev–Trinajstić information content (AvgIpc) is 3.12. The zero-order valence-corrected chi connectivity index (χ0v) is 19.9. The number of halogens is 3. The lowest BCUT2D eigenvalue weighted by Gasteiger charge is -2.49. The molecule has 0 aromatic carbocycles. The summed E-state index contributed by atoms with van der Waals surface area (Å²) in [7, 11) is 1.28. The number of fused-ring (bicyclic) bond motifs is 1. The molecular formula is C16H16Cl3N5O5S2. The van der Waals surface area contributed by atoms with Gasteiger partial charge in [0.2, 0.25) is 3.79 Å². The van der Waals surface area contributed by atoms with Gasteiger partial charge in [-0.1, -0.05) is 40.0 Å². The Balaban J connectivity index is 1.73. The third kappa shape index (κ3) is 5.37. The highest BCUT2D eigenvalue weighted by atomic mass is 35.6. The molecule has 1 aromatic heterocycles. The van der Waals surface area contributed by atoms with Crippen LogP contribution in [-0.2, 0) is 24.0 Å². The summed E-state index contributed by atoms with van der Waals surface area (Å²) in [6.07, 6.45) is 1.58. The number of β-lactam (4-membered cyclic amide) rings is 1. The lowest BCUT2D eigenvalue weighted by atomic mass is 10.0. The van der Waals surface area contributed by atoms with Crippen LogP contribution in [0.4, 0.5) is 5.13 Å². The topological polar surface area (TPSA) is 136 Å². The average molecular weight is 529 g/mol. The van der Waals surface area contributed by atoms with Crippen molar-refractivity contribution < 1.29 is 24.0 Å². The summed E-state index contributed by atoms with van der Waals surface area (Å²) in [5.41, 5.74) is 5.72. The van der Waals surface area contributed by atoms with Gasteiger partial charge < -0.3 is 20.6 Å². The Morgan fingerprint density at radius 1 is 1.42 bits per heavy atom. The Bertz CT molecular complexity index is 964. The van der Waals surface area contributed by atoms with E-state index in [1.165, 1.54) is 23.8 Å². The highest BCUT2D eigenvalue weighted by molar-refractivity contribution is 8.00. The van der Waals surface area contributed by atoms with Gasteiger partial charge in [-0.25, -0.2) is 9.78 Å². The number of amides is 2. The zero-order chi connectivity index (χ0) is 22.9. The standard InChI is InChI=1S/C16H16Cl3N5O5S2/c1-6-3-8(14(27)29-5-16(17,18)19)24-12(26)10(13(24)31-6)22-11(25)9(23-28-2)7-4-30-15(20)21-7/h3-4,6,10,13H,5H2,1-2H3,(H2,20,21)(H,22,25)/b23-9+/t6?,10?,13-/m1/s1. The minimum Gasteiger partial charge on any atom is -0.456 e. The Labute approximate surface area is 200 Å². The molecule has 0 saturated carbocycles. The first-order valence-corrected chi connectivity index (χ1v) is 11.5. The maximum absolute atomic E-state index is 12.7. The second-order valence-corrected chi connectivity index (χ2v) is 11.2. The lowest BCUT2D eigenvalue weighted by molar-refractivity contribution is -0.152. The van der Waals surface area contributed by atoms with Gasteiger partial charge in [-0.2, -0.15) is 0 Å². The number of nitrogens with zero attached hydrogens (tertiary/aromatic N) is 3. The minimum absolute atomic E-state index is 0.0269. The molecule has 31 heavy (non-hydrogen) atoms. The number of ether oxygens (including phenoxy) is 1. The second kappa shape index (κ2) is 9.41. The molecule has 10 nitrogen and oxygen atoms in total. The number of thiazole rings is 1. The third-order valence-electron chi connectivity index (χ3n) is 4.07. The van der Waals surface area contributed by atoms with E-state index >= 15 is 0 Å². The fourth-order valence-corrected chi connectivity index (χ4v) is 4.88. The number of aromatic nitrogens is 1. The molecule has 1 fully saturated rings. The molecule has 3 heterocycles. The van der Waals surface area contributed by atoms with E-state index in [9.17, 15) is 14.4 Å². The molecule has 1 saturated heterocycles. The summed E-state index contributed by atoms with van der Waals surface area (Å²) in [6, 6.07) is -0.900. The van der Waals surface area contributed by atoms with Crippen LogP contribution < -0.4 is 11.1 Å². The molecule has 1 aromatic rings. The Kier molecular flexibility index (Phi) is 7.26. The molecule has 0 aliphatic carbocycles. The number of hydrogen-bond acceptors (Lipinski definition) is 10. The van der Waals surface area contributed by atoms with Gasteiger partial charge in [0.25, 0.3) is 11.8 Å². The van der Waals surface area contributed by atoms with Crippen molar-refractivity contribution in [3.8, 4) is 0 Å². The van der Waals surface area contributed by atoms with Crippen LogP contribution in [0.5, 0.6) is 0 Å². The summed E-state index contributed by atoms with van der Waals surface area (Å²) in [5.74, 6) is -1.97. The van der Waals surface area contributed by atoms with Crippen molar-refractivity contribution in [2.24, 2.45) is 5.16 Å². The quantitative estimate of drug-likeness (QED) is 0.187. The van der Waals surface area contributed by atoms with Gasteiger partial charge in [0.05, 0.1) is 0 Å². The maximum atomic E-state index is 12.7. The fraction of sp³-hybridized carbons (Fsp3) is 0.438. The largest absolute Gasteiger partial charge is 0.456 e. The van der Waals surface area contributed by atoms with E-state index in [-0.39, 0.29) is 27.5 Å². The normalized spacial score (nSPS) is 23.5. The molecule has 3 N–H and O–H groups in total. The van der Waals surface area contributed by atoms with Crippen molar-refractivity contribution in [3.05, 3.63) is 22.8 Å². The molecule has 168 valence electrons. The van der Waals surface area contributed by atoms with Crippen molar-refractivity contribution in [1.82, 2.24) is 15.2 Å². The number of nitrogens with one attached hydrogen (secondary N) is 1. The van der Waals surface area contributed by atoms with E-state index in [1.54, 1.807) is 11.5 Å². The SMILES string of the molecule is CO/N=C(/C(=O)NC1C(=O)N2C(C(=O)OCC(Cl)(Cl)Cl)=CC(C)S[C@H]12)c1csc(N)n1. The number of thioether (sulfide) groups is 1. The van der Waals surface area contributed by atoms with Crippen LogP contribution in [0.1, 0.15) is 12.6 Å². The monoisotopic (exact) mass is 527 g/mol. The molecule has 3 rings (SSSR count). The lowest BCUT2D eigenvalue weighted by Crippen LogP contribution is -2.71. The van der Waals surface area contributed by atoms with Crippen molar-refractivity contribution in [2.45, 2.75) is 27.4 Å². The summed E-state index contributed by atoms with van der Waals surface area (Å²) in [5, 5.41) is 7.42. The molecule has 0 radical (unpaired) electrons. The summed E-state index contributed by atoms with van der Waals surface area (Å²) in [4.78, 5) is 47.9. The van der Waals surface area contributed by atoms with Crippen LogP contribution in [0, 0.1) is 0 Å².